The Kier molecular flexibility index (Phi) is 7.07. The molecule has 3 amide bonds. The number of alkyl carbamates (subject to hydrolysis) is 1. The first-order chi connectivity index (χ1) is 11.4. The smallest absolute Gasteiger partial charge is 0.410 e. The van der Waals surface area contributed by atoms with Crippen LogP contribution in [0.25, 0.3) is 0 Å². The normalized spacial score (nSPS) is 16.2. The van der Waals surface area contributed by atoms with Crippen molar-refractivity contribution < 1.29 is 23.9 Å². The molecule has 0 unspecified atom stereocenters. The summed E-state index contributed by atoms with van der Waals surface area (Å²) in [6, 6.07) is -0.0216. The molecular formula is C17H31N3O5. The van der Waals surface area contributed by atoms with Crippen molar-refractivity contribution >= 4 is 18.1 Å². The van der Waals surface area contributed by atoms with Crippen LogP contribution in [0.15, 0.2) is 0 Å². The summed E-state index contributed by atoms with van der Waals surface area (Å²) in [4.78, 5) is 37.0. The van der Waals surface area contributed by atoms with E-state index in [4.69, 9.17) is 9.47 Å². The van der Waals surface area contributed by atoms with Gasteiger partial charge in [-0.15, -0.1) is 0 Å². The first-order valence-corrected chi connectivity index (χ1v) is 8.60. The number of hydrogen-bond donors (Lipinski definition) is 2. The van der Waals surface area contributed by atoms with Gasteiger partial charge in [0, 0.05) is 19.1 Å². The summed E-state index contributed by atoms with van der Waals surface area (Å²) in [7, 11) is 0. The maximum absolute atomic E-state index is 12.0. The van der Waals surface area contributed by atoms with E-state index in [9.17, 15) is 14.4 Å². The van der Waals surface area contributed by atoms with Gasteiger partial charge in [-0.05, 0) is 54.4 Å². The van der Waals surface area contributed by atoms with Gasteiger partial charge in [0.2, 0.25) is 5.91 Å². The molecule has 0 spiro atoms. The lowest BCUT2D eigenvalue weighted by Gasteiger charge is -2.33. The predicted octanol–water partition coefficient (Wildman–Crippen LogP) is 2.03. The van der Waals surface area contributed by atoms with Gasteiger partial charge in [-0.3, -0.25) is 4.79 Å². The van der Waals surface area contributed by atoms with Gasteiger partial charge in [-0.2, -0.15) is 0 Å². The summed E-state index contributed by atoms with van der Waals surface area (Å²) < 4.78 is 10.4. The van der Waals surface area contributed by atoms with Gasteiger partial charge in [-0.1, -0.05) is 0 Å². The number of amides is 3. The molecule has 0 saturated carbocycles. The van der Waals surface area contributed by atoms with E-state index in [0.29, 0.717) is 25.9 Å². The maximum atomic E-state index is 12.0. The second kappa shape index (κ2) is 8.40. The van der Waals surface area contributed by atoms with Crippen molar-refractivity contribution in [2.45, 2.75) is 71.6 Å². The summed E-state index contributed by atoms with van der Waals surface area (Å²) >= 11 is 0. The minimum absolute atomic E-state index is 0.0216. The molecule has 1 aliphatic heterocycles. The summed E-state index contributed by atoms with van der Waals surface area (Å²) in [5.74, 6) is -0.276. The molecule has 25 heavy (non-hydrogen) atoms. The second-order valence-electron chi connectivity index (χ2n) is 8.16. The highest BCUT2D eigenvalue weighted by Crippen LogP contribution is 2.15. The van der Waals surface area contributed by atoms with Crippen LogP contribution in [0.5, 0.6) is 0 Å². The molecule has 0 atom stereocenters. The molecule has 1 heterocycles. The van der Waals surface area contributed by atoms with E-state index < -0.39 is 17.3 Å². The van der Waals surface area contributed by atoms with Crippen molar-refractivity contribution in [3.05, 3.63) is 0 Å². The Balaban J connectivity index is 2.28. The number of piperidine rings is 1. The lowest BCUT2D eigenvalue weighted by atomic mass is 10.1. The van der Waals surface area contributed by atoms with E-state index >= 15 is 0 Å². The summed E-state index contributed by atoms with van der Waals surface area (Å²) in [5, 5.41) is 5.28. The van der Waals surface area contributed by atoms with Gasteiger partial charge in [0.1, 0.15) is 17.7 Å². The van der Waals surface area contributed by atoms with Crippen LogP contribution in [0.2, 0.25) is 0 Å². The average Bonchev–Trinajstić information content (AvgIpc) is 2.42. The number of nitrogens with zero attached hydrogens (tertiary/aromatic N) is 1. The van der Waals surface area contributed by atoms with E-state index in [1.54, 1.807) is 25.7 Å². The van der Waals surface area contributed by atoms with Crippen LogP contribution in [-0.4, -0.2) is 59.9 Å². The zero-order valence-electron chi connectivity index (χ0n) is 16.1. The topological polar surface area (TPSA) is 97.0 Å². The number of ether oxygens (including phenoxy) is 2. The van der Waals surface area contributed by atoms with Crippen LogP contribution in [0.4, 0.5) is 9.59 Å². The van der Waals surface area contributed by atoms with E-state index in [0.717, 1.165) is 0 Å². The Hall–Kier alpha value is -1.99. The molecule has 1 rings (SSSR count). The Labute approximate surface area is 149 Å². The SMILES string of the molecule is CC(C)(C)OC(=O)NCC(=O)NC1CCN(C(=O)OC(C)(C)C)CC1. The zero-order valence-corrected chi connectivity index (χ0v) is 16.1. The van der Waals surface area contributed by atoms with E-state index in [2.05, 4.69) is 10.6 Å². The fourth-order valence-electron chi connectivity index (χ4n) is 2.28. The minimum Gasteiger partial charge on any atom is -0.444 e. The Morgan fingerprint density at radius 3 is 1.96 bits per heavy atom. The van der Waals surface area contributed by atoms with E-state index in [1.165, 1.54) is 0 Å². The van der Waals surface area contributed by atoms with Crippen molar-refractivity contribution in [1.82, 2.24) is 15.5 Å². The molecule has 0 aromatic rings. The first-order valence-electron chi connectivity index (χ1n) is 8.60. The van der Waals surface area contributed by atoms with Crippen LogP contribution in [-0.2, 0) is 14.3 Å². The van der Waals surface area contributed by atoms with E-state index in [-0.39, 0.29) is 24.6 Å². The summed E-state index contributed by atoms with van der Waals surface area (Å²) in [6.45, 7) is 11.7. The fraction of sp³-hybridized carbons (Fsp3) is 0.824. The van der Waals surface area contributed by atoms with Crippen LogP contribution in [0, 0.1) is 0 Å². The van der Waals surface area contributed by atoms with Gasteiger partial charge in [0.05, 0.1) is 0 Å². The van der Waals surface area contributed by atoms with Crippen LogP contribution >= 0.6 is 0 Å². The molecule has 1 saturated heterocycles. The molecule has 0 bridgehead atoms. The standard InChI is InChI=1S/C17H31N3O5/c1-16(2,3)24-14(22)18-11-13(21)19-12-7-9-20(10-8-12)15(23)25-17(4,5)6/h12H,7-11H2,1-6H3,(H,18,22)(H,19,21). The summed E-state index contributed by atoms with van der Waals surface area (Å²) in [5.41, 5.74) is -1.12. The highest BCUT2D eigenvalue weighted by Gasteiger charge is 2.27. The first kappa shape index (κ1) is 21.1. The van der Waals surface area contributed by atoms with Crippen molar-refractivity contribution in [2.75, 3.05) is 19.6 Å². The predicted molar refractivity (Wildman–Crippen MR) is 93.2 cm³/mol. The van der Waals surface area contributed by atoms with E-state index in [1.807, 2.05) is 20.8 Å². The fourth-order valence-corrected chi connectivity index (χ4v) is 2.28. The maximum Gasteiger partial charge on any atom is 0.410 e. The van der Waals surface area contributed by atoms with Crippen LogP contribution in [0.3, 0.4) is 0 Å². The van der Waals surface area contributed by atoms with Gasteiger partial charge >= 0.3 is 12.2 Å². The van der Waals surface area contributed by atoms with Gasteiger partial charge in [-0.25, -0.2) is 9.59 Å². The molecule has 1 fully saturated rings. The highest BCUT2D eigenvalue weighted by molar-refractivity contribution is 5.82. The Morgan fingerprint density at radius 1 is 0.960 bits per heavy atom. The monoisotopic (exact) mass is 357 g/mol. The Bertz CT molecular complexity index is 485. The molecule has 8 heteroatoms. The summed E-state index contributed by atoms with van der Waals surface area (Å²) in [6.07, 6.45) is 0.348. The molecular weight excluding hydrogens is 326 g/mol. The largest absolute Gasteiger partial charge is 0.444 e. The molecule has 0 aromatic heterocycles. The third-order valence-corrected chi connectivity index (χ3v) is 3.30. The lowest BCUT2D eigenvalue weighted by Crippen LogP contribution is -2.49. The van der Waals surface area contributed by atoms with Crippen molar-refractivity contribution in [2.24, 2.45) is 0 Å². The third-order valence-electron chi connectivity index (χ3n) is 3.30. The van der Waals surface area contributed by atoms with Crippen LogP contribution < -0.4 is 10.6 Å². The van der Waals surface area contributed by atoms with Gasteiger partial charge < -0.3 is 25.0 Å². The molecule has 1 aliphatic rings. The van der Waals surface area contributed by atoms with Crippen molar-refractivity contribution in [3.63, 3.8) is 0 Å². The quantitative estimate of drug-likeness (QED) is 0.805. The second-order valence-corrected chi connectivity index (χ2v) is 8.16. The third kappa shape index (κ3) is 9.16. The van der Waals surface area contributed by atoms with Crippen molar-refractivity contribution in [1.29, 1.82) is 0 Å². The molecule has 8 nitrogen and oxygen atoms in total. The Morgan fingerprint density at radius 2 is 1.48 bits per heavy atom. The minimum atomic E-state index is -0.623. The van der Waals surface area contributed by atoms with Gasteiger partial charge in [0.15, 0.2) is 0 Å². The molecule has 0 radical (unpaired) electrons. The number of likely N-dealkylation sites (tertiary alicyclic amines) is 1. The van der Waals surface area contributed by atoms with Gasteiger partial charge in [0.25, 0.3) is 0 Å². The average molecular weight is 357 g/mol. The molecule has 0 aromatic carbocycles. The molecule has 144 valence electrons. The zero-order chi connectivity index (χ0) is 19.3. The molecule has 0 aliphatic carbocycles. The lowest BCUT2D eigenvalue weighted by molar-refractivity contribution is -0.121. The number of carbonyl (C=O) groups is 3. The highest BCUT2D eigenvalue weighted by atomic mass is 16.6. The number of hydrogen-bond acceptors (Lipinski definition) is 5. The van der Waals surface area contributed by atoms with Crippen molar-refractivity contribution in [3.8, 4) is 0 Å². The number of nitrogens with one attached hydrogen (secondary N) is 2. The van der Waals surface area contributed by atoms with Crippen LogP contribution in [0.1, 0.15) is 54.4 Å². The molecule has 2 N–H and O–H groups in total. The number of carbonyl (C=O) groups excluding carboxylic acids is 3. The number of rotatable bonds is 3.